The maximum absolute atomic E-state index is 14.3. The van der Waals surface area contributed by atoms with Gasteiger partial charge < -0.3 is 15.3 Å². The number of anilines is 2. The summed E-state index contributed by atoms with van der Waals surface area (Å²) in [5.41, 5.74) is 2.92. The number of nitrogens with two attached hydrogens (primary N) is 1. The molecule has 2 unspecified atom stereocenters. The van der Waals surface area contributed by atoms with Crippen LogP contribution in [0.4, 0.5) is 15.8 Å². The fourth-order valence-corrected chi connectivity index (χ4v) is 5.63. The van der Waals surface area contributed by atoms with Gasteiger partial charge in [0.1, 0.15) is 15.7 Å². The van der Waals surface area contributed by atoms with E-state index in [0.29, 0.717) is 27.1 Å². The van der Waals surface area contributed by atoms with Gasteiger partial charge in [-0.25, -0.2) is 13.7 Å². The molecular weight excluding hydrogens is 451 g/mol. The molecule has 34 heavy (non-hydrogen) atoms. The van der Waals surface area contributed by atoms with Crippen molar-refractivity contribution in [3.63, 3.8) is 0 Å². The van der Waals surface area contributed by atoms with Crippen molar-refractivity contribution >= 4 is 32.1 Å². The molecule has 3 aromatic carbocycles. The highest BCUT2D eigenvalue weighted by Gasteiger charge is 2.27. The maximum Gasteiger partial charge on any atom is 0.241 e. The molecule has 0 aliphatic heterocycles. The molecule has 0 radical (unpaired) electrons. The molecule has 0 saturated heterocycles. The summed E-state index contributed by atoms with van der Waals surface area (Å²) >= 11 is 0. The van der Waals surface area contributed by atoms with Crippen LogP contribution in [0.2, 0.25) is 0 Å². The molecule has 0 saturated carbocycles. The van der Waals surface area contributed by atoms with Crippen LogP contribution in [0.3, 0.4) is 0 Å². The van der Waals surface area contributed by atoms with E-state index in [2.05, 4.69) is 9.68 Å². The summed E-state index contributed by atoms with van der Waals surface area (Å²) in [5.74, 6) is -2.35. The normalized spacial score (nSPS) is 15.3. The molecule has 8 heteroatoms. The predicted octanol–water partition coefficient (Wildman–Crippen LogP) is 5.77. The number of nitrogens with one attached hydrogen (secondary N) is 1. The van der Waals surface area contributed by atoms with Crippen LogP contribution in [0, 0.1) is 5.82 Å². The Kier molecular flexibility index (Phi) is 7.26. The number of benzene rings is 3. The van der Waals surface area contributed by atoms with Crippen molar-refractivity contribution in [1.82, 2.24) is 0 Å². The highest BCUT2D eigenvalue weighted by atomic mass is 32.2. The second-order valence-electron chi connectivity index (χ2n) is 9.60. The minimum atomic E-state index is -3.51. The first-order valence-corrected chi connectivity index (χ1v) is 12.9. The molecule has 184 valence electrons. The molecule has 0 bridgehead atoms. The van der Waals surface area contributed by atoms with E-state index < -0.39 is 15.8 Å². The number of nitrogens with zero attached hydrogens (tertiary/aromatic N) is 2. The Morgan fingerprint density at radius 3 is 2.09 bits per heavy atom. The van der Waals surface area contributed by atoms with Crippen molar-refractivity contribution in [3.05, 3.63) is 65.5 Å². The Morgan fingerprint density at radius 1 is 1.03 bits per heavy atom. The van der Waals surface area contributed by atoms with E-state index in [9.17, 15) is 13.7 Å². The van der Waals surface area contributed by atoms with Crippen molar-refractivity contribution in [1.29, 1.82) is 0 Å². The Balaban J connectivity index is 2.16. The molecule has 0 spiro atoms. The summed E-state index contributed by atoms with van der Waals surface area (Å²) < 4.78 is 32.2. The Hall–Kier alpha value is -2.68. The molecular formula is C26H35FN4O2S. The number of aliphatic hydroxyl groups is 1. The summed E-state index contributed by atoms with van der Waals surface area (Å²) in [6.45, 7) is 9.18. The van der Waals surface area contributed by atoms with Gasteiger partial charge in [0.2, 0.25) is 5.85 Å². The van der Waals surface area contributed by atoms with Gasteiger partial charge in [-0.05, 0) is 47.2 Å². The Bertz CT molecular complexity index is 1300. The minimum absolute atomic E-state index is 0.0174. The first-order valence-electron chi connectivity index (χ1n) is 11.3. The SMILES string of the molecule is CC(C)c1cc(F)cc(C(C)C)c1NC(C)(O)N=S(N)(=O)c1cccc2c(N(C)C)cccc12. The first kappa shape index (κ1) is 25.9. The lowest BCUT2D eigenvalue weighted by atomic mass is 9.92. The summed E-state index contributed by atoms with van der Waals surface area (Å²) in [6.07, 6.45) is 0. The fourth-order valence-electron chi connectivity index (χ4n) is 4.19. The second-order valence-corrected chi connectivity index (χ2v) is 11.4. The quantitative estimate of drug-likeness (QED) is 0.370. The smallest absolute Gasteiger partial charge is 0.241 e. The van der Waals surface area contributed by atoms with Gasteiger partial charge in [-0.2, -0.15) is 4.36 Å². The average Bonchev–Trinajstić information content (AvgIpc) is 2.72. The molecule has 4 N–H and O–H groups in total. The summed E-state index contributed by atoms with van der Waals surface area (Å²) in [5, 5.41) is 22.1. The van der Waals surface area contributed by atoms with Crippen molar-refractivity contribution < 1.29 is 13.7 Å². The van der Waals surface area contributed by atoms with Gasteiger partial charge in [0.05, 0.1) is 4.90 Å². The molecule has 0 fully saturated rings. The van der Waals surface area contributed by atoms with Crippen molar-refractivity contribution in [2.45, 2.75) is 57.2 Å². The lowest BCUT2D eigenvalue weighted by Gasteiger charge is -2.28. The monoisotopic (exact) mass is 486 g/mol. The van der Waals surface area contributed by atoms with Gasteiger partial charge in [-0.3, -0.25) is 0 Å². The zero-order chi connectivity index (χ0) is 25.4. The lowest BCUT2D eigenvalue weighted by Crippen LogP contribution is -2.36. The third-order valence-electron chi connectivity index (χ3n) is 5.74. The highest BCUT2D eigenvalue weighted by molar-refractivity contribution is 7.91. The van der Waals surface area contributed by atoms with Crippen molar-refractivity contribution in [2.24, 2.45) is 9.50 Å². The van der Waals surface area contributed by atoms with E-state index in [1.807, 2.05) is 71.0 Å². The van der Waals surface area contributed by atoms with Crippen LogP contribution in [0.25, 0.3) is 10.8 Å². The van der Waals surface area contributed by atoms with E-state index in [0.717, 1.165) is 11.1 Å². The number of halogens is 1. The number of hydrogen-bond acceptors (Lipinski definition) is 5. The van der Waals surface area contributed by atoms with E-state index >= 15 is 0 Å². The molecule has 3 aromatic rings. The predicted molar refractivity (Wildman–Crippen MR) is 140 cm³/mol. The van der Waals surface area contributed by atoms with E-state index in [4.69, 9.17) is 5.14 Å². The summed E-state index contributed by atoms with van der Waals surface area (Å²) in [4.78, 5) is 2.30. The fraction of sp³-hybridized carbons (Fsp3) is 0.385. The van der Waals surface area contributed by atoms with Crippen LogP contribution in [0.5, 0.6) is 0 Å². The Morgan fingerprint density at radius 2 is 1.56 bits per heavy atom. The van der Waals surface area contributed by atoms with Gasteiger partial charge in [-0.15, -0.1) is 0 Å². The molecule has 3 rings (SSSR count). The maximum atomic E-state index is 14.3. The zero-order valence-electron chi connectivity index (χ0n) is 20.9. The minimum Gasteiger partial charge on any atom is -0.377 e. The van der Waals surface area contributed by atoms with Crippen molar-refractivity contribution in [2.75, 3.05) is 24.3 Å². The first-order chi connectivity index (χ1) is 15.7. The van der Waals surface area contributed by atoms with Crippen molar-refractivity contribution in [3.8, 4) is 0 Å². The van der Waals surface area contributed by atoms with E-state index in [1.165, 1.54) is 19.1 Å². The van der Waals surface area contributed by atoms with Crippen LogP contribution in [-0.4, -0.2) is 29.3 Å². The number of rotatable bonds is 7. The van der Waals surface area contributed by atoms with Gasteiger partial charge in [0.15, 0.2) is 0 Å². The van der Waals surface area contributed by atoms with Gasteiger partial charge in [0.25, 0.3) is 0 Å². The number of hydrogen-bond donors (Lipinski definition) is 3. The topological polar surface area (TPSA) is 91.0 Å². The lowest BCUT2D eigenvalue weighted by molar-refractivity contribution is 0.102. The molecule has 0 amide bonds. The molecule has 0 aromatic heterocycles. The largest absolute Gasteiger partial charge is 0.377 e. The van der Waals surface area contributed by atoms with Crippen LogP contribution in [0.1, 0.15) is 57.6 Å². The summed E-state index contributed by atoms with van der Waals surface area (Å²) in [6, 6.07) is 14.0. The molecule has 0 aliphatic carbocycles. The van der Waals surface area contributed by atoms with Crippen LogP contribution >= 0.6 is 0 Å². The molecule has 6 nitrogen and oxygen atoms in total. The summed E-state index contributed by atoms with van der Waals surface area (Å²) in [7, 11) is 0.353. The zero-order valence-corrected chi connectivity index (χ0v) is 21.7. The third kappa shape index (κ3) is 5.35. The van der Waals surface area contributed by atoms with Gasteiger partial charge >= 0.3 is 0 Å². The Labute approximate surface area is 202 Å². The molecule has 2 atom stereocenters. The number of fused-ring (bicyclic) bond motifs is 1. The van der Waals surface area contributed by atoms with Crippen LogP contribution in [-0.2, 0) is 9.92 Å². The van der Waals surface area contributed by atoms with Crippen LogP contribution in [0.15, 0.2) is 57.8 Å². The average molecular weight is 487 g/mol. The third-order valence-corrected chi connectivity index (χ3v) is 7.35. The second kappa shape index (κ2) is 9.52. The van der Waals surface area contributed by atoms with E-state index in [-0.39, 0.29) is 17.7 Å². The highest BCUT2D eigenvalue weighted by Crippen LogP contribution is 2.36. The standard InChI is InChI=1S/C26H35FN4O2S/c1-16(2)21-14-18(27)15-22(17(3)4)25(21)29-26(5,32)30-34(28,33)24-13-9-10-19-20(24)11-8-12-23(19)31(6)7/h8-17,29,32H,1-7H3,(H2,28,30,33). The molecule has 0 heterocycles. The van der Waals surface area contributed by atoms with Crippen LogP contribution < -0.4 is 15.4 Å². The van der Waals surface area contributed by atoms with E-state index in [1.54, 1.807) is 12.1 Å². The van der Waals surface area contributed by atoms with Gasteiger partial charge in [-0.1, -0.05) is 52.0 Å². The molecule has 0 aliphatic rings. The van der Waals surface area contributed by atoms with Gasteiger partial charge in [0, 0.05) is 43.2 Å².